The Balaban J connectivity index is 1.71. The van der Waals surface area contributed by atoms with Crippen molar-refractivity contribution in [3.63, 3.8) is 0 Å². The summed E-state index contributed by atoms with van der Waals surface area (Å²) >= 11 is 0. The van der Waals surface area contributed by atoms with Crippen LogP contribution in [0.1, 0.15) is 19.3 Å². The van der Waals surface area contributed by atoms with Crippen molar-refractivity contribution in [3.8, 4) is 5.88 Å². The predicted octanol–water partition coefficient (Wildman–Crippen LogP) is 0.567. The number of ether oxygens (including phenoxy) is 1. The number of hydrogen-bond donors (Lipinski definition) is 1. The molecule has 20 heavy (non-hydrogen) atoms. The molecule has 0 spiro atoms. The average molecular weight is 296 g/mol. The highest BCUT2D eigenvalue weighted by molar-refractivity contribution is 7.89. The van der Waals surface area contributed by atoms with Crippen LogP contribution < -0.4 is 9.88 Å². The van der Waals surface area contributed by atoms with Crippen LogP contribution in [0.4, 0.5) is 0 Å². The Hall–Kier alpha value is -1.67. The van der Waals surface area contributed by atoms with Crippen LogP contribution in [-0.2, 0) is 10.0 Å². The summed E-state index contributed by atoms with van der Waals surface area (Å²) in [4.78, 5) is 4.09. The first-order valence-electron chi connectivity index (χ1n) is 6.40. The number of rotatable bonds is 5. The molecule has 1 aliphatic rings. The lowest BCUT2D eigenvalue weighted by Crippen LogP contribution is -2.43. The first-order chi connectivity index (χ1) is 9.46. The zero-order valence-electron chi connectivity index (χ0n) is 10.9. The topological polar surface area (TPSA) is 99.6 Å². The first-order valence-corrected chi connectivity index (χ1v) is 8.11. The van der Waals surface area contributed by atoms with E-state index < -0.39 is 10.0 Å². The maximum absolute atomic E-state index is 11.3. The largest absolute Gasteiger partial charge is 0.476 e. The summed E-state index contributed by atoms with van der Waals surface area (Å²) in [6.45, 7) is 0.316. The molecule has 108 valence electrons. The fourth-order valence-electron chi connectivity index (χ4n) is 2.54. The van der Waals surface area contributed by atoms with Crippen molar-refractivity contribution in [1.29, 1.82) is 0 Å². The van der Waals surface area contributed by atoms with Crippen molar-refractivity contribution in [2.75, 3.05) is 12.4 Å². The van der Waals surface area contributed by atoms with Gasteiger partial charge in [-0.2, -0.15) is 0 Å². The van der Waals surface area contributed by atoms with Gasteiger partial charge in [-0.15, -0.1) is 5.10 Å². The van der Waals surface area contributed by atoms with Crippen LogP contribution in [0, 0.1) is 5.41 Å². The van der Waals surface area contributed by atoms with E-state index in [1.54, 1.807) is 29.0 Å². The summed E-state index contributed by atoms with van der Waals surface area (Å²) in [7, 11) is -3.49. The lowest BCUT2D eigenvalue weighted by molar-refractivity contribution is 0.0772. The summed E-state index contributed by atoms with van der Waals surface area (Å²) < 4.78 is 29.8. The second-order valence-corrected chi connectivity index (χ2v) is 6.97. The number of hydrogen-bond acceptors (Lipinski definition) is 5. The van der Waals surface area contributed by atoms with Gasteiger partial charge in [0.2, 0.25) is 15.9 Å². The van der Waals surface area contributed by atoms with Gasteiger partial charge in [-0.25, -0.2) is 23.1 Å². The molecule has 2 aromatic rings. The van der Waals surface area contributed by atoms with Crippen LogP contribution in [-0.4, -0.2) is 35.4 Å². The summed E-state index contributed by atoms with van der Waals surface area (Å²) in [5.41, 5.74) is 0.374. The molecule has 3 rings (SSSR count). The zero-order valence-corrected chi connectivity index (χ0v) is 11.7. The Morgan fingerprint density at radius 2 is 2.20 bits per heavy atom. The third-order valence-corrected chi connectivity index (χ3v) is 4.69. The summed E-state index contributed by atoms with van der Waals surface area (Å²) in [6.07, 6.45) is 6.02. The molecule has 0 radical (unpaired) electrons. The van der Waals surface area contributed by atoms with E-state index in [0.29, 0.717) is 12.5 Å². The minimum absolute atomic E-state index is 0.0344. The number of nitrogens with zero attached hydrogens (tertiary/aromatic N) is 3. The van der Waals surface area contributed by atoms with Crippen molar-refractivity contribution in [2.24, 2.45) is 10.6 Å². The minimum Gasteiger partial charge on any atom is -0.476 e. The number of fused-ring (bicyclic) bond motifs is 1. The molecule has 1 fully saturated rings. The van der Waals surface area contributed by atoms with Crippen molar-refractivity contribution < 1.29 is 13.2 Å². The summed E-state index contributed by atoms with van der Waals surface area (Å²) in [6, 6.07) is 3.53. The molecular formula is C12H16N4O3S. The lowest BCUT2D eigenvalue weighted by atomic mass is 9.71. The highest BCUT2D eigenvalue weighted by Crippen LogP contribution is 2.42. The molecule has 2 N–H and O–H groups in total. The van der Waals surface area contributed by atoms with Gasteiger partial charge < -0.3 is 4.74 Å². The van der Waals surface area contributed by atoms with Crippen LogP contribution in [0.25, 0.3) is 5.65 Å². The van der Waals surface area contributed by atoms with Crippen LogP contribution in [0.3, 0.4) is 0 Å². The molecule has 7 nitrogen and oxygen atoms in total. The monoisotopic (exact) mass is 296 g/mol. The van der Waals surface area contributed by atoms with Gasteiger partial charge in [0, 0.05) is 23.9 Å². The molecule has 0 saturated heterocycles. The van der Waals surface area contributed by atoms with Gasteiger partial charge in [0.25, 0.3) is 0 Å². The molecule has 0 unspecified atom stereocenters. The Labute approximate surface area is 116 Å². The standard InChI is InChI=1S/C12H16N4O3S/c13-20(17,18)9-12(4-1-5-12)8-19-11-3-2-10-14-6-7-16(10)15-11/h2-3,6-7H,1,4-5,8-9H2,(H2,13,17,18). The van der Waals surface area contributed by atoms with E-state index in [0.717, 1.165) is 24.9 Å². The van der Waals surface area contributed by atoms with Gasteiger partial charge in [0.1, 0.15) is 0 Å². The Bertz CT molecular complexity index is 721. The Morgan fingerprint density at radius 3 is 2.85 bits per heavy atom. The van der Waals surface area contributed by atoms with Crippen LogP contribution >= 0.6 is 0 Å². The lowest BCUT2D eigenvalue weighted by Gasteiger charge is -2.40. The van der Waals surface area contributed by atoms with E-state index in [4.69, 9.17) is 9.88 Å². The number of imidazole rings is 1. The van der Waals surface area contributed by atoms with Gasteiger partial charge in [-0.3, -0.25) is 0 Å². The smallest absolute Gasteiger partial charge is 0.231 e. The molecule has 0 bridgehead atoms. The first kappa shape index (κ1) is 13.3. The molecule has 1 aliphatic carbocycles. The molecule has 0 aromatic carbocycles. The van der Waals surface area contributed by atoms with Crippen molar-refractivity contribution in [1.82, 2.24) is 14.6 Å². The molecular weight excluding hydrogens is 280 g/mol. The van der Waals surface area contributed by atoms with Crippen molar-refractivity contribution in [3.05, 3.63) is 24.5 Å². The van der Waals surface area contributed by atoms with Gasteiger partial charge >= 0.3 is 0 Å². The maximum atomic E-state index is 11.3. The van der Waals surface area contributed by atoms with Gasteiger partial charge in [-0.05, 0) is 18.9 Å². The van der Waals surface area contributed by atoms with E-state index in [1.807, 2.05) is 0 Å². The van der Waals surface area contributed by atoms with Gasteiger partial charge in [0.05, 0.1) is 12.4 Å². The van der Waals surface area contributed by atoms with E-state index in [-0.39, 0.29) is 11.2 Å². The highest BCUT2D eigenvalue weighted by Gasteiger charge is 2.41. The number of primary sulfonamides is 1. The summed E-state index contributed by atoms with van der Waals surface area (Å²) in [5.74, 6) is 0.420. The number of sulfonamides is 1. The van der Waals surface area contributed by atoms with Crippen LogP contribution in [0.5, 0.6) is 5.88 Å². The predicted molar refractivity (Wildman–Crippen MR) is 72.7 cm³/mol. The highest BCUT2D eigenvalue weighted by atomic mass is 32.2. The second-order valence-electron chi connectivity index (χ2n) is 5.35. The normalized spacial score (nSPS) is 17.9. The fraction of sp³-hybridized carbons (Fsp3) is 0.500. The Morgan fingerprint density at radius 1 is 1.40 bits per heavy atom. The fourth-order valence-corrected chi connectivity index (χ4v) is 3.76. The second kappa shape index (κ2) is 4.71. The molecule has 0 atom stereocenters. The molecule has 1 saturated carbocycles. The van der Waals surface area contributed by atoms with Crippen molar-refractivity contribution >= 4 is 15.7 Å². The van der Waals surface area contributed by atoms with Gasteiger partial charge in [0.15, 0.2) is 5.65 Å². The molecule has 8 heteroatoms. The molecule has 2 heterocycles. The zero-order chi connectivity index (χ0) is 14.2. The third kappa shape index (κ3) is 2.75. The third-order valence-electron chi connectivity index (χ3n) is 3.68. The quantitative estimate of drug-likeness (QED) is 0.869. The molecule has 0 amide bonds. The van der Waals surface area contributed by atoms with Gasteiger partial charge in [-0.1, -0.05) is 6.42 Å². The minimum atomic E-state index is -3.49. The maximum Gasteiger partial charge on any atom is 0.231 e. The van der Waals surface area contributed by atoms with Crippen LogP contribution in [0.15, 0.2) is 24.5 Å². The average Bonchev–Trinajstić information content (AvgIpc) is 2.78. The summed E-state index contributed by atoms with van der Waals surface area (Å²) in [5, 5.41) is 9.39. The van der Waals surface area contributed by atoms with Crippen molar-refractivity contribution in [2.45, 2.75) is 19.3 Å². The van der Waals surface area contributed by atoms with E-state index in [1.165, 1.54) is 0 Å². The SMILES string of the molecule is NS(=O)(=O)CC1(COc2ccc3nccn3n2)CCC1. The van der Waals surface area contributed by atoms with Crippen LogP contribution in [0.2, 0.25) is 0 Å². The molecule has 0 aliphatic heterocycles. The van der Waals surface area contributed by atoms with E-state index in [2.05, 4.69) is 10.1 Å². The van der Waals surface area contributed by atoms with E-state index in [9.17, 15) is 8.42 Å². The Kier molecular flexibility index (Phi) is 3.14. The molecule has 2 aromatic heterocycles. The number of aromatic nitrogens is 3. The number of nitrogens with two attached hydrogens (primary N) is 1. The van der Waals surface area contributed by atoms with E-state index >= 15 is 0 Å².